The summed E-state index contributed by atoms with van der Waals surface area (Å²) in [6.45, 7) is 1.85. The molecule has 0 saturated carbocycles. The maximum absolute atomic E-state index is 10.7. The van der Waals surface area contributed by atoms with Gasteiger partial charge in [-0.05, 0) is 42.0 Å². The molecule has 0 amide bonds. The standard InChI is InChI=1S/C19H18N5O4.Na/c25-14-7-12-8-15(2-4-18(12)24(10-14)6-5-19(26)27)28-11-20-13-1-3-16-17(9-13)22-23-21-16;/h1-4,8-11,14,25H,5-7H2,(H,26,27)(H,21,22,23);/q;+1/p-1. The summed E-state index contributed by atoms with van der Waals surface area (Å²) in [7, 11) is 0. The number of fused-ring (bicyclic) bond motifs is 2. The van der Waals surface area contributed by atoms with E-state index in [1.807, 2.05) is 18.2 Å². The number of benzene rings is 2. The number of carboxylic acid groups (broad SMARTS) is 1. The van der Waals surface area contributed by atoms with Gasteiger partial charge in [-0.3, -0.25) is 0 Å². The van der Waals surface area contributed by atoms with Crippen molar-refractivity contribution in [1.29, 1.82) is 0 Å². The molecule has 1 unspecified atom stereocenters. The minimum atomic E-state index is -1.13. The zero-order valence-electron chi connectivity index (χ0n) is 15.8. The average molecular weight is 402 g/mol. The van der Waals surface area contributed by atoms with Gasteiger partial charge < -0.3 is 24.6 Å². The molecule has 9 nitrogen and oxygen atoms in total. The summed E-state index contributed by atoms with van der Waals surface area (Å²) in [6, 6.07) is 10.8. The van der Waals surface area contributed by atoms with E-state index in [0.717, 1.165) is 16.8 Å². The molecule has 1 atom stereocenters. The van der Waals surface area contributed by atoms with Crippen LogP contribution in [0.1, 0.15) is 12.0 Å². The average Bonchev–Trinajstić information content (AvgIpc) is 3.13. The van der Waals surface area contributed by atoms with E-state index in [0.29, 0.717) is 23.4 Å². The van der Waals surface area contributed by atoms with Gasteiger partial charge in [-0.2, -0.15) is 15.4 Å². The number of hydrogen-bond donors (Lipinski definition) is 2. The van der Waals surface area contributed by atoms with Crippen LogP contribution in [-0.2, 0) is 11.2 Å². The zero-order valence-corrected chi connectivity index (χ0v) is 17.8. The van der Waals surface area contributed by atoms with Gasteiger partial charge in [0.25, 0.3) is 0 Å². The van der Waals surface area contributed by atoms with Crippen molar-refractivity contribution in [3.8, 4) is 5.75 Å². The van der Waals surface area contributed by atoms with Crippen molar-refractivity contribution in [3.05, 3.63) is 48.5 Å². The molecule has 2 heterocycles. The van der Waals surface area contributed by atoms with E-state index >= 15 is 0 Å². The van der Waals surface area contributed by atoms with E-state index in [1.165, 1.54) is 6.40 Å². The Bertz CT molecular complexity index is 1040. The Kier molecular flexibility index (Phi) is 6.86. The molecule has 143 valence electrons. The number of anilines is 1. The number of aliphatic imine (C=N–C) groups is 1. The van der Waals surface area contributed by atoms with Crippen LogP contribution >= 0.6 is 0 Å². The second kappa shape index (κ2) is 9.36. The van der Waals surface area contributed by atoms with E-state index in [4.69, 9.17) is 4.74 Å². The summed E-state index contributed by atoms with van der Waals surface area (Å²) in [4.78, 5) is 16.7. The summed E-state index contributed by atoms with van der Waals surface area (Å²) in [5.74, 6) is -0.561. The van der Waals surface area contributed by atoms with Crippen LogP contribution in [0.2, 0.25) is 0 Å². The van der Waals surface area contributed by atoms with E-state index in [9.17, 15) is 15.0 Å². The molecule has 1 aliphatic rings. The number of carboxylic acids is 1. The van der Waals surface area contributed by atoms with Crippen LogP contribution in [0.5, 0.6) is 5.75 Å². The zero-order chi connectivity index (χ0) is 19.5. The Hall–Kier alpha value is -2.46. The molecule has 2 aromatic carbocycles. The first kappa shape index (κ1) is 21.3. The van der Waals surface area contributed by atoms with E-state index in [1.54, 1.807) is 29.6 Å². The molecular weight excluding hydrogens is 385 g/mol. The fraction of sp³-hybridized carbons (Fsp3) is 0.211. The fourth-order valence-electron chi connectivity index (χ4n) is 3.11. The first-order chi connectivity index (χ1) is 13.6. The maximum Gasteiger partial charge on any atom is 1.00 e. The molecule has 0 fully saturated rings. The van der Waals surface area contributed by atoms with Gasteiger partial charge in [0.15, 0.2) is 6.40 Å². The summed E-state index contributed by atoms with van der Waals surface area (Å²) in [5, 5.41) is 31.3. The number of aliphatic hydroxyl groups excluding tert-OH is 1. The summed E-state index contributed by atoms with van der Waals surface area (Å²) in [6.07, 6.45) is 0.951. The predicted molar refractivity (Wildman–Crippen MR) is 100 cm³/mol. The molecule has 0 saturated heterocycles. The fourth-order valence-corrected chi connectivity index (χ4v) is 3.11. The number of aromatic nitrogens is 3. The van der Waals surface area contributed by atoms with Gasteiger partial charge in [-0.1, -0.05) is 0 Å². The topological polar surface area (TPSA) is 127 Å². The van der Waals surface area contributed by atoms with Crippen molar-refractivity contribution < 1.29 is 49.3 Å². The number of H-pyrrole nitrogens is 1. The number of hydrogen-bond acceptors (Lipinski definition) is 8. The number of aliphatic carboxylic acids is 1. The molecule has 0 bridgehead atoms. The SMILES string of the molecule is O=C([O-])CCN1[CH]C(O)Cc2cc(OC=Nc3ccc4n[nH]nc4c3)ccc21.[Na+]. The minimum absolute atomic E-state index is 0. The number of aliphatic hydroxyl groups is 1. The van der Waals surface area contributed by atoms with E-state index < -0.39 is 12.1 Å². The second-order valence-corrected chi connectivity index (χ2v) is 6.38. The molecule has 4 rings (SSSR count). The largest absolute Gasteiger partial charge is 1.00 e. The van der Waals surface area contributed by atoms with Crippen molar-refractivity contribution in [2.45, 2.75) is 18.9 Å². The number of carbonyl (C=O) groups excluding carboxylic acids is 1. The monoisotopic (exact) mass is 402 g/mol. The first-order valence-corrected chi connectivity index (χ1v) is 8.71. The van der Waals surface area contributed by atoms with Gasteiger partial charge in [0.05, 0.1) is 18.3 Å². The van der Waals surface area contributed by atoms with Crippen LogP contribution in [-0.4, -0.2) is 45.5 Å². The van der Waals surface area contributed by atoms with E-state index in [2.05, 4.69) is 20.4 Å². The molecule has 0 aliphatic carbocycles. The van der Waals surface area contributed by atoms with Crippen LogP contribution in [0.25, 0.3) is 11.0 Å². The van der Waals surface area contributed by atoms with E-state index in [-0.39, 0.29) is 42.5 Å². The smallest absolute Gasteiger partial charge is 0.550 e. The van der Waals surface area contributed by atoms with Gasteiger partial charge in [0.2, 0.25) is 0 Å². The number of ether oxygens (including phenoxy) is 1. The van der Waals surface area contributed by atoms with Crippen LogP contribution in [0, 0.1) is 6.54 Å². The Morgan fingerprint density at radius 3 is 2.97 bits per heavy atom. The number of carbonyl (C=O) groups is 1. The number of nitrogens with zero attached hydrogens (tertiary/aromatic N) is 4. The Morgan fingerprint density at radius 1 is 1.31 bits per heavy atom. The predicted octanol–water partition coefficient (Wildman–Crippen LogP) is -2.27. The van der Waals surface area contributed by atoms with Crippen molar-refractivity contribution in [1.82, 2.24) is 15.4 Å². The molecule has 0 spiro atoms. The third-order valence-electron chi connectivity index (χ3n) is 4.39. The van der Waals surface area contributed by atoms with Crippen LogP contribution < -0.4 is 44.3 Å². The number of aromatic amines is 1. The number of nitrogens with one attached hydrogen (secondary N) is 1. The molecular formula is C19H17N5NaO4. The minimum Gasteiger partial charge on any atom is -0.550 e. The normalized spacial score (nSPS) is 15.9. The molecule has 29 heavy (non-hydrogen) atoms. The number of rotatable bonds is 6. The maximum atomic E-state index is 10.7. The molecule has 1 radical (unpaired) electrons. The van der Waals surface area contributed by atoms with Crippen molar-refractivity contribution in [2.75, 3.05) is 11.4 Å². The quantitative estimate of drug-likeness (QED) is 0.270. The summed E-state index contributed by atoms with van der Waals surface area (Å²) < 4.78 is 5.59. The van der Waals surface area contributed by atoms with Crippen LogP contribution in [0.15, 0.2) is 41.4 Å². The molecule has 1 aliphatic heterocycles. The summed E-state index contributed by atoms with van der Waals surface area (Å²) in [5.41, 5.74) is 3.85. The molecule has 3 aromatic rings. The Labute approximate surface area is 188 Å². The first-order valence-electron chi connectivity index (χ1n) is 8.71. The molecule has 1 aromatic heterocycles. The van der Waals surface area contributed by atoms with Crippen molar-refractivity contribution in [3.63, 3.8) is 0 Å². The van der Waals surface area contributed by atoms with Gasteiger partial charge in [-0.15, -0.1) is 0 Å². The third kappa shape index (κ3) is 5.13. The van der Waals surface area contributed by atoms with Gasteiger partial charge in [0, 0.05) is 31.0 Å². The van der Waals surface area contributed by atoms with Gasteiger partial charge in [-0.25, -0.2) is 4.99 Å². The molecule has 10 heteroatoms. The summed E-state index contributed by atoms with van der Waals surface area (Å²) >= 11 is 0. The van der Waals surface area contributed by atoms with Crippen molar-refractivity contribution >= 4 is 34.8 Å². The van der Waals surface area contributed by atoms with Crippen molar-refractivity contribution in [2.24, 2.45) is 4.99 Å². The second-order valence-electron chi connectivity index (χ2n) is 6.38. The third-order valence-corrected chi connectivity index (χ3v) is 4.39. The Balaban J connectivity index is 0.00000240. The van der Waals surface area contributed by atoms with Crippen LogP contribution in [0.4, 0.5) is 11.4 Å². The van der Waals surface area contributed by atoms with Crippen LogP contribution in [0.3, 0.4) is 0 Å². The molecule has 2 N–H and O–H groups in total. The van der Waals surface area contributed by atoms with Gasteiger partial charge in [0.1, 0.15) is 16.8 Å². The van der Waals surface area contributed by atoms with Gasteiger partial charge >= 0.3 is 29.6 Å². The Morgan fingerprint density at radius 2 is 2.14 bits per heavy atom.